The number of rotatable bonds is 16. The van der Waals surface area contributed by atoms with Crippen LogP contribution in [0.1, 0.15) is 34.7 Å². The molecular formula is C58H49ClF2N16O12. The molecule has 4 aromatic carbocycles. The summed E-state index contributed by atoms with van der Waals surface area (Å²) < 4.78 is 72.1. The van der Waals surface area contributed by atoms with E-state index >= 15 is 0 Å². The molecule has 31 heteroatoms. The van der Waals surface area contributed by atoms with Crippen LogP contribution in [0.15, 0.2) is 177 Å². The molecule has 0 fully saturated rings. The first-order valence-electron chi connectivity index (χ1n) is 26.2. The normalized spacial score (nSPS) is 10.7. The van der Waals surface area contributed by atoms with Crippen LogP contribution in [0.2, 0.25) is 5.02 Å². The van der Waals surface area contributed by atoms with Crippen LogP contribution in [0, 0.1) is 25.5 Å². The molecule has 89 heavy (non-hydrogen) atoms. The minimum absolute atomic E-state index is 0.0199. The third-order valence-corrected chi connectivity index (χ3v) is 12.8. The molecule has 0 amide bonds. The molecule has 8 aromatic heterocycles. The molecule has 0 atom stereocenters. The van der Waals surface area contributed by atoms with Crippen molar-refractivity contribution >= 4 is 11.6 Å². The predicted octanol–water partition coefficient (Wildman–Crippen LogP) is 6.95. The van der Waals surface area contributed by atoms with Gasteiger partial charge in [0.05, 0.1) is 63.1 Å². The summed E-state index contributed by atoms with van der Waals surface area (Å²) in [6.07, 6.45) is 5.21. The number of hydrogen-bond acceptors (Lipinski definition) is 24. The van der Waals surface area contributed by atoms with E-state index in [4.69, 9.17) is 48.6 Å². The zero-order chi connectivity index (χ0) is 63.0. The van der Waals surface area contributed by atoms with Gasteiger partial charge in [-0.1, -0.05) is 80.8 Å². The maximum atomic E-state index is 13.2. The van der Waals surface area contributed by atoms with Crippen LogP contribution in [0.25, 0.3) is 45.6 Å². The SMILES string of the molecule is COc1ccccc1-c1noc(Cn2ncc(C)c(C)c2=O)n1.COc1ccccc1-c1noc(Cn2ncc(F)c(F)c2=O)n1.COc1ccccc1-c1noc(Cn2nccc(Cl)c2=O)n1.COc1ccccc1-c1noc(Cn2ncccc2=O)n1. The Morgan fingerprint density at radius 3 is 1.19 bits per heavy atom. The summed E-state index contributed by atoms with van der Waals surface area (Å²) in [4.78, 5) is 64.1. The van der Waals surface area contributed by atoms with Crippen molar-refractivity contribution in [2.75, 3.05) is 28.4 Å². The molecule has 0 aliphatic rings. The lowest BCUT2D eigenvalue weighted by Crippen LogP contribution is -2.27. The van der Waals surface area contributed by atoms with E-state index in [0.717, 1.165) is 21.4 Å². The van der Waals surface area contributed by atoms with Crippen molar-refractivity contribution in [1.82, 2.24) is 79.7 Å². The van der Waals surface area contributed by atoms with Crippen molar-refractivity contribution in [3.8, 4) is 68.5 Å². The van der Waals surface area contributed by atoms with Gasteiger partial charge < -0.3 is 37.0 Å². The van der Waals surface area contributed by atoms with Gasteiger partial charge in [0.25, 0.3) is 16.7 Å². The summed E-state index contributed by atoms with van der Waals surface area (Å²) in [5.41, 5.74) is 2.24. The Kier molecular flexibility index (Phi) is 20.1. The Morgan fingerprint density at radius 1 is 0.427 bits per heavy atom. The van der Waals surface area contributed by atoms with Crippen LogP contribution in [0.5, 0.6) is 23.0 Å². The van der Waals surface area contributed by atoms with E-state index < -0.39 is 22.8 Å². The number of aryl methyl sites for hydroxylation is 1. The van der Waals surface area contributed by atoms with Gasteiger partial charge in [0.15, 0.2) is 5.82 Å². The fourth-order valence-electron chi connectivity index (χ4n) is 7.93. The summed E-state index contributed by atoms with van der Waals surface area (Å²) in [5, 5.41) is 31.1. The maximum Gasteiger partial charge on any atom is 0.306 e. The first-order valence-corrected chi connectivity index (χ1v) is 26.6. The van der Waals surface area contributed by atoms with Crippen LogP contribution in [0.4, 0.5) is 8.78 Å². The van der Waals surface area contributed by atoms with Crippen molar-refractivity contribution in [3.63, 3.8) is 0 Å². The second-order valence-corrected chi connectivity index (χ2v) is 18.6. The number of methoxy groups -OCH3 is 4. The summed E-state index contributed by atoms with van der Waals surface area (Å²) in [7, 11) is 6.23. The maximum absolute atomic E-state index is 13.2. The quantitative estimate of drug-likeness (QED) is 0.0944. The number of ether oxygens (including phenoxy) is 4. The molecule has 0 spiro atoms. The Morgan fingerprint density at radius 2 is 0.787 bits per heavy atom. The number of nitrogens with zero attached hydrogens (tertiary/aromatic N) is 16. The van der Waals surface area contributed by atoms with E-state index in [9.17, 15) is 28.0 Å². The summed E-state index contributed by atoms with van der Waals surface area (Å²) in [6, 6.07) is 33.5. The van der Waals surface area contributed by atoms with Gasteiger partial charge in [-0.2, -0.15) is 44.7 Å². The third kappa shape index (κ3) is 15.1. The largest absolute Gasteiger partial charge is 0.496 e. The highest BCUT2D eigenvalue weighted by molar-refractivity contribution is 6.30. The number of benzene rings is 4. The Hall–Kier alpha value is -11.7. The smallest absolute Gasteiger partial charge is 0.306 e. The molecule has 0 saturated heterocycles. The second kappa shape index (κ2) is 28.9. The van der Waals surface area contributed by atoms with E-state index in [1.807, 2.05) is 73.7 Å². The molecule has 0 saturated carbocycles. The van der Waals surface area contributed by atoms with Crippen LogP contribution in [-0.4, -0.2) is 108 Å². The van der Waals surface area contributed by atoms with Crippen molar-refractivity contribution in [1.29, 1.82) is 0 Å². The summed E-state index contributed by atoms with van der Waals surface area (Å²) in [5.74, 6) is 1.98. The molecule has 0 aliphatic heterocycles. The minimum Gasteiger partial charge on any atom is -0.496 e. The van der Waals surface area contributed by atoms with E-state index in [1.165, 1.54) is 41.0 Å². The van der Waals surface area contributed by atoms with Gasteiger partial charge in [-0.15, -0.1) is 0 Å². The average molecular weight is 1240 g/mol. The van der Waals surface area contributed by atoms with Gasteiger partial charge in [0.2, 0.25) is 52.7 Å². The summed E-state index contributed by atoms with van der Waals surface area (Å²) in [6.45, 7) is 3.63. The third-order valence-electron chi connectivity index (χ3n) is 12.5. The first kappa shape index (κ1) is 61.9. The van der Waals surface area contributed by atoms with Crippen molar-refractivity contribution in [2.45, 2.75) is 40.0 Å². The predicted molar refractivity (Wildman–Crippen MR) is 310 cm³/mol. The molecule has 0 unspecified atom stereocenters. The van der Waals surface area contributed by atoms with Crippen LogP contribution in [0.3, 0.4) is 0 Å². The number of halogens is 3. The Labute approximate surface area is 505 Å². The van der Waals surface area contributed by atoms with E-state index in [-0.39, 0.29) is 59.9 Å². The molecule has 8 heterocycles. The highest BCUT2D eigenvalue weighted by atomic mass is 35.5. The van der Waals surface area contributed by atoms with Gasteiger partial charge in [-0.25, -0.2) is 23.1 Å². The highest BCUT2D eigenvalue weighted by Crippen LogP contribution is 2.30. The topological polar surface area (TPSA) is 332 Å². The molecule has 12 aromatic rings. The number of hydrogen-bond donors (Lipinski definition) is 0. The molecule has 0 N–H and O–H groups in total. The Bertz CT molecular complexity index is 4490. The molecule has 0 aliphatic carbocycles. The first-order chi connectivity index (χ1) is 43.2. The van der Waals surface area contributed by atoms with Crippen LogP contribution >= 0.6 is 11.6 Å². The zero-order valence-corrected chi connectivity index (χ0v) is 48.6. The molecule has 28 nitrogen and oxygen atoms in total. The second-order valence-electron chi connectivity index (χ2n) is 18.2. The highest BCUT2D eigenvalue weighted by Gasteiger charge is 2.20. The standard InChI is InChI=1S/C16H16N4O3.C14H11ClN4O3.C14H10F2N4O3.C14H12N4O3/c1-10-8-17-20(16(21)11(10)2)9-14-18-15(19-23-14)12-6-4-5-7-13(12)22-3;1-21-11-5-3-2-4-9(11)13-17-12(22-18-13)8-19-14(20)10(15)6-7-16-19;1-22-10-5-3-2-4-8(10)13-18-11(23-19-13)7-20-14(21)12(16)9(15)6-17-20;1-20-11-6-3-2-5-10(11)14-16-12(21-17-14)9-18-13(19)7-4-8-15-18/h4-8H,9H2,1-3H3;2-7H,8H2,1H3;2-6H,7H2,1H3;2-8H,9H2,1H3. The fraction of sp³-hybridized carbons (Fsp3) is 0.172. The monoisotopic (exact) mass is 1230 g/mol. The average Bonchev–Trinajstić information content (AvgIpc) is 4.21. The molecule has 0 bridgehead atoms. The van der Waals surface area contributed by atoms with Crippen molar-refractivity contribution < 1.29 is 45.8 Å². The van der Waals surface area contributed by atoms with Crippen molar-refractivity contribution in [2.24, 2.45) is 0 Å². The lowest BCUT2D eigenvalue weighted by Gasteiger charge is -2.04. The fourth-order valence-corrected chi connectivity index (χ4v) is 8.08. The van der Waals surface area contributed by atoms with E-state index in [2.05, 4.69) is 61.0 Å². The van der Waals surface area contributed by atoms with E-state index in [0.29, 0.717) is 79.8 Å². The Balaban J connectivity index is 0.000000141. The molecule has 0 radical (unpaired) electrons. The molecular weight excluding hydrogens is 1190 g/mol. The molecule has 12 rings (SSSR count). The van der Waals surface area contributed by atoms with Crippen molar-refractivity contribution in [3.05, 3.63) is 233 Å². The summed E-state index contributed by atoms with van der Waals surface area (Å²) >= 11 is 5.76. The van der Waals surface area contributed by atoms with Gasteiger partial charge in [0, 0.05) is 24.0 Å². The van der Waals surface area contributed by atoms with Gasteiger partial charge >= 0.3 is 5.56 Å². The number of para-hydroxylation sites is 4. The molecule has 454 valence electrons. The lowest BCUT2D eigenvalue weighted by molar-refractivity contribution is 0.357. The van der Waals surface area contributed by atoms with Gasteiger partial charge in [-0.3, -0.25) is 19.2 Å². The minimum atomic E-state index is -1.51. The zero-order valence-electron chi connectivity index (χ0n) is 47.8. The van der Waals surface area contributed by atoms with Gasteiger partial charge in [-0.05, 0) is 80.1 Å². The van der Waals surface area contributed by atoms with Crippen LogP contribution in [-0.2, 0) is 26.2 Å². The lowest BCUT2D eigenvalue weighted by atomic mass is 10.2. The number of aromatic nitrogens is 16. The van der Waals surface area contributed by atoms with Gasteiger partial charge in [0.1, 0.15) is 54.2 Å². The van der Waals surface area contributed by atoms with E-state index in [1.54, 1.807) is 70.8 Å². The van der Waals surface area contributed by atoms with Crippen LogP contribution < -0.4 is 41.2 Å².